The topological polar surface area (TPSA) is 87.8 Å². The molecule has 0 aromatic heterocycles. The van der Waals surface area contributed by atoms with E-state index in [4.69, 9.17) is 28.9 Å². The van der Waals surface area contributed by atoms with Gasteiger partial charge in [0.15, 0.2) is 5.96 Å². The van der Waals surface area contributed by atoms with Gasteiger partial charge in [-0.2, -0.15) is 11.8 Å². The number of aliphatic imine (C=N–C) groups is 1. The minimum atomic E-state index is -3.28. The van der Waals surface area contributed by atoms with Crippen LogP contribution < -0.4 is 11.1 Å². The average Bonchev–Trinajstić information content (AvgIpc) is 2.55. The lowest BCUT2D eigenvalue weighted by Gasteiger charge is -2.25. The predicted molar refractivity (Wildman–Crippen MR) is 123 cm³/mol. The zero-order valence-corrected chi connectivity index (χ0v) is 19.8. The summed E-state index contributed by atoms with van der Waals surface area (Å²) in [5.41, 5.74) is 6.69. The third-order valence-electron chi connectivity index (χ3n) is 3.79. The largest absolute Gasteiger partial charge is 0.370 e. The number of sulfonamides is 1. The third-order valence-corrected chi connectivity index (χ3v) is 7.14. The van der Waals surface area contributed by atoms with Crippen molar-refractivity contribution in [3.8, 4) is 0 Å². The molecule has 0 saturated carbocycles. The molecule has 1 saturated heterocycles. The summed E-state index contributed by atoms with van der Waals surface area (Å²) >= 11 is 13.8. The van der Waals surface area contributed by atoms with Crippen LogP contribution in [0.2, 0.25) is 10.0 Å². The van der Waals surface area contributed by atoms with E-state index in [9.17, 15) is 8.42 Å². The van der Waals surface area contributed by atoms with Crippen LogP contribution in [-0.2, 0) is 10.0 Å². The van der Waals surface area contributed by atoms with E-state index < -0.39 is 10.0 Å². The first-order valence-electron chi connectivity index (χ1n) is 7.86. The Bertz CT molecular complexity index is 728. The maximum Gasteiger partial charge on any atom is 0.215 e. The number of hydrogen-bond acceptors (Lipinski definition) is 4. The van der Waals surface area contributed by atoms with Gasteiger partial charge in [0, 0.05) is 34.6 Å². The van der Waals surface area contributed by atoms with Gasteiger partial charge in [0.1, 0.15) is 0 Å². The predicted octanol–water partition coefficient (Wildman–Crippen LogP) is 2.96. The Morgan fingerprint density at radius 2 is 2.04 bits per heavy atom. The van der Waals surface area contributed by atoms with E-state index in [1.807, 2.05) is 13.0 Å². The summed E-state index contributed by atoms with van der Waals surface area (Å²) in [5.74, 6) is 1.82. The fourth-order valence-electron chi connectivity index (χ4n) is 2.43. The van der Waals surface area contributed by atoms with Gasteiger partial charge in [-0.25, -0.2) is 12.7 Å². The van der Waals surface area contributed by atoms with Crippen LogP contribution in [0.1, 0.15) is 18.5 Å². The number of halogens is 3. The Morgan fingerprint density at radius 3 is 2.65 bits per heavy atom. The number of hydrogen-bond donors (Lipinski definition) is 2. The van der Waals surface area contributed by atoms with E-state index in [-0.39, 0.29) is 48.3 Å². The van der Waals surface area contributed by atoms with Gasteiger partial charge in [0.2, 0.25) is 10.0 Å². The number of guanidine groups is 1. The zero-order chi connectivity index (χ0) is 18.4. The molecule has 1 aromatic rings. The van der Waals surface area contributed by atoms with Crippen molar-refractivity contribution in [2.75, 3.05) is 36.9 Å². The molecule has 2 rings (SSSR count). The molecule has 1 aliphatic rings. The molecule has 26 heavy (non-hydrogen) atoms. The van der Waals surface area contributed by atoms with Crippen LogP contribution in [0.3, 0.4) is 0 Å². The van der Waals surface area contributed by atoms with Crippen molar-refractivity contribution in [2.45, 2.75) is 13.0 Å². The minimum Gasteiger partial charge on any atom is -0.370 e. The summed E-state index contributed by atoms with van der Waals surface area (Å²) in [4.78, 5) is 4.12. The highest BCUT2D eigenvalue weighted by Crippen LogP contribution is 2.25. The molecule has 6 nitrogen and oxygen atoms in total. The standard InChI is InChI=1S/C15H22Cl2N4O2S2.HI/c1-11(13-3-2-12(16)10-14(13)17)20-15(18)19-4-9-25(22,23)21-5-7-24-8-6-21;/h2-3,10-11H,4-9H2,1H3,(H3,18,19,20);1H. The summed E-state index contributed by atoms with van der Waals surface area (Å²) in [6, 6.07) is 5.05. The van der Waals surface area contributed by atoms with Gasteiger partial charge < -0.3 is 11.1 Å². The number of nitrogens with one attached hydrogen (secondary N) is 1. The van der Waals surface area contributed by atoms with Gasteiger partial charge in [0.05, 0.1) is 18.3 Å². The van der Waals surface area contributed by atoms with Gasteiger partial charge in [-0.05, 0) is 24.6 Å². The number of nitrogens with zero attached hydrogens (tertiary/aromatic N) is 2. The Hall–Kier alpha value is 0.0600. The smallest absolute Gasteiger partial charge is 0.215 e. The van der Waals surface area contributed by atoms with Crippen molar-refractivity contribution in [3.63, 3.8) is 0 Å². The Labute approximate surface area is 186 Å². The van der Waals surface area contributed by atoms with Crippen LogP contribution >= 0.6 is 58.9 Å². The van der Waals surface area contributed by atoms with Gasteiger partial charge >= 0.3 is 0 Å². The molecule has 1 heterocycles. The quantitative estimate of drug-likeness (QED) is 0.322. The van der Waals surface area contributed by atoms with Crippen LogP contribution in [0.5, 0.6) is 0 Å². The second kappa shape index (κ2) is 11.2. The molecule has 0 spiro atoms. The Kier molecular flexibility index (Phi) is 10.3. The van der Waals surface area contributed by atoms with Crippen molar-refractivity contribution in [2.24, 2.45) is 10.7 Å². The van der Waals surface area contributed by atoms with Gasteiger partial charge in [-0.1, -0.05) is 29.3 Å². The monoisotopic (exact) mass is 552 g/mol. The second-order valence-corrected chi connectivity index (χ2v) is 9.78. The number of rotatable bonds is 6. The fraction of sp³-hybridized carbons (Fsp3) is 0.533. The van der Waals surface area contributed by atoms with Crippen LogP contribution in [-0.4, -0.2) is 55.6 Å². The maximum atomic E-state index is 12.2. The van der Waals surface area contributed by atoms with Crippen molar-refractivity contribution in [3.05, 3.63) is 33.8 Å². The molecule has 3 N–H and O–H groups in total. The second-order valence-electron chi connectivity index (χ2n) is 5.63. The van der Waals surface area contributed by atoms with E-state index in [1.165, 1.54) is 4.31 Å². The zero-order valence-electron chi connectivity index (χ0n) is 14.3. The number of nitrogens with two attached hydrogens (primary N) is 1. The summed E-state index contributed by atoms with van der Waals surface area (Å²) in [7, 11) is -3.28. The van der Waals surface area contributed by atoms with E-state index in [0.717, 1.165) is 17.1 Å². The van der Waals surface area contributed by atoms with Gasteiger partial charge in [0.25, 0.3) is 0 Å². The van der Waals surface area contributed by atoms with Crippen molar-refractivity contribution >= 4 is 74.9 Å². The molecule has 1 aliphatic heterocycles. The molecule has 0 amide bonds. The molecule has 0 radical (unpaired) electrons. The number of thioether (sulfide) groups is 1. The van der Waals surface area contributed by atoms with E-state index in [0.29, 0.717) is 23.1 Å². The van der Waals surface area contributed by atoms with Crippen molar-refractivity contribution in [1.29, 1.82) is 0 Å². The Morgan fingerprint density at radius 1 is 1.38 bits per heavy atom. The molecule has 1 aromatic carbocycles. The van der Waals surface area contributed by atoms with Crippen molar-refractivity contribution < 1.29 is 8.42 Å². The van der Waals surface area contributed by atoms with E-state index in [2.05, 4.69) is 10.3 Å². The van der Waals surface area contributed by atoms with Crippen LogP contribution in [0, 0.1) is 0 Å². The lowest BCUT2D eigenvalue weighted by Crippen LogP contribution is -2.40. The van der Waals surface area contributed by atoms with Crippen LogP contribution in [0.15, 0.2) is 23.2 Å². The highest BCUT2D eigenvalue weighted by molar-refractivity contribution is 14.0. The first kappa shape index (κ1) is 24.1. The average molecular weight is 553 g/mol. The first-order chi connectivity index (χ1) is 11.8. The SMILES string of the molecule is CC(NC(N)=NCCS(=O)(=O)N1CCSCC1)c1ccc(Cl)cc1Cl.I. The Balaban J connectivity index is 0.00000338. The molecular weight excluding hydrogens is 530 g/mol. The minimum absolute atomic E-state index is 0. The molecule has 11 heteroatoms. The van der Waals surface area contributed by atoms with Gasteiger partial charge in [-0.3, -0.25) is 4.99 Å². The summed E-state index contributed by atoms with van der Waals surface area (Å²) in [5, 5.41) is 4.10. The normalized spacial score (nSPS) is 17.4. The van der Waals surface area contributed by atoms with Crippen LogP contribution in [0.4, 0.5) is 0 Å². The third kappa shape index (κ3) is 7.23. The molecule has 1 fully saturated rings. The highest BCUT2D eigenvalue weighted by Gasteiger charge is 2.23. The maximum absolute atomic E-state index is 12.2. The van der Waals surface area contributed by atoms with Crippen LogP contribution in [0.25, 0.3) is 0 Å². The molecule has 148 valence electrons. The molecule has 0 bridgehead atoms. The summed E-state index contributed by atoms with van der Waals surface area (Å²) in [6.45, 7) is 3.14. The fourth-order valence-corrected chi connectivity index (χ4v) is 5.46. The highest BCUT2D eigenvalue weighted by atomic mass is 127. The van der Waals surface area contributed by atoms with E-state index in [1.54, 1.807) is 23.9 Å². The summed E-state index contributed by atoms with van der Waals surface area (Å²) < 4.78 is 26.0. The van der Waals surface area contributed by atoms with Gasteiger partial charge in [-0.15, -0.1) is 24.0 Å². The first-order valence-corrected chi connectivity index (χ1v) is 11.4. The molecular formula is C15H23Cl2IN4O2S2. The van der Waals surface area contributed by atoms with Crippen molar-refractivity contribution in [1.82, 2.24) is 9.62 Å². The molecule has 1 atom stereocenters. The molecule has 1 unspecified atom stereocenters. The lowest BCUT2D eigenvalue weighted by molar-refractivity contribution is 0.444. The van der Waals surface area contributed by atoms with E-state index >= 15 is 0 Å². The number of benzene rings is 1. The molecule has 0 aliphatic carbocycles. The lowest BCUT2D eigenvalue weighted by atomic mass is 10.1. The summed E-state index contributed by atoms with van der Waals surface area (Å²) in [6.07, 6.45) is 0.